The van der Waals surface area contributed by atoms with Gasteiger partial charge in [0.2, 0.25) is 5.88 Å². The molecule has 0 amide bonds. The van der Waals surface area contributed by atoms with Crippen LogP contribution in [0.4, 0.5) is 0 Å². The summed E-state index contributed by atoms with van der Waals surface area (Å²) in [7, 11) is 1.66. The van der Waals surface area contributed by atoms with Crippen molar-refractivity contribution in [3.8, 4) is 5.88 Å². The molecule has 0 spiro atoms. The van der Waals surface area contributed by atoms with E-state index in [4.69, 9.17) is 10.5 Å². The number of nitrogens with one attached hydrogen (secondary N) is 1. The minimum Gasteiger partial charge on any atom is -0.481 e. The highest BCUT2D eigenvalue weighted by Gasteiger charge is 2.25. The van der Waals surface area contributed by atoms with Gasteiger partial charge in [0.1, 0.15) is 0 Å². The number of aromatic nitrogens is 1. The van der Waals surface area contributed by atoms with Gasteiger partial charge in [0, 0.05) is 24.3 Å². The van der Waals surface area contributed by atoms with Gasteiger partial charge in [-0.25, -0.2) is 4.98 Å². The van der Waals surface area contributed by atoms with E-state index in [-0.39, 0.29) is 0 Å². The summed E-state index contributed by atoms with van der Waals surface area (Å²) < 4.78 is 5.24. The molecule has 0 bridgehead atoms. The molecule has 1 saturated carbocycles. The van der Waals surface area contributed by atoms with Crippen molar-refractivity contribution in [3.63, 3.8) is 0 Å². The predicted octanol–water partition coefficient (Wildman–Crippen LogP) is 1.31. The monoisotopic (exact) mass is 235 g/mol. The van der Waals surface area contributed by atoms with Crippen LogP contribution in [0.15, 0.2) is 18.3 Å². The Morgan fingerprint density at radius 1 is 1.53 bits per heavy atom. The van der Waals surface area contributed by atoms with Crippen molar-refractivity contribution in [3.05, 3.63) is 23.9 Å². The molecule has 0 aliphatic heterocycles. The van der Waals surface area contributed by atoms with Crippen LogP contribution in [0, 0.1) is 5.92 Å². The van der Waals surface area contributed by atoms with Gasteiger partial charge < -0.3 is 15.8 Å². The molecule has 1 aromatic heterocycles. The summed E-state index contributed by atoms with van der Waals surface area (Å²) in [4.78, 5) is 4.19. The van der Waals surface area contributed by atoms with Crippen molar-refractivity contribution < 1.29 is 4.74 Å². The first-order valence-electron chi connectivity index (χ1n) is 6.26. The molecule has 1 aliphatic rings. The van der Waals surface area contributed by atoms with E-state index in [0.717, 1.165) is 18.7 Å². The van der Waals surface area contributed by atoms with Crippen LogP contribution in [-0.4, -0.2) is 24.7 Å². The third kappa shape index (κ3) is 2.96. The van der Waals surface area contributed by atoms with E-state index < -0.39 is 0 Å². The van der Waals surface area contributed by atoms with Crippen LogP contribution in [0.5, 0.6) is 5.88 Å². The highest BCUT2D eigenvalue weighted by molar-refractivity contribution is 5.25. The van der Waals surface area contributed by atoms with Crippen molar-refractivity contribution >= 4 is 0 Å². The Labute approximate surface area is 103 Å². The maximum Gasteiger partial charge on any atom is 0.217 e. The summed E-state index contributed by atoms with van der Waals surface area (Å²) in [5.74, 6) is 1.33. The van der Waals surface area contributed by atoms with E-state index in [9.17, 15) is 0 Å². The molecule has 4 heteroatoms. The summed E-state index contributed by atoms with van der Waals surface area (Å²) in [6, 6.07) is 4.53. The molecule has 4 nitrogen and oxygen atoms in total. The lowest BCUT2D eigenvalue weighted by Crippen LogP contribution is -2.35. The van der Waals surface area contributed by atoms with Crippen LogP contribution in [0.3, 0.4) is 0 Å². The number of methoxy groups -OCH3 is 1. The fraction of sp³-hybridized carbons (Fsp3) is 0.615. The zero-order valence-electron chi connectivity index (χ0n) is 10.4. The Kier molecular flexibility index (Phi) is 4.34. The van der Waals surface area contributed by atoms with Crippen molar-refractivity contribution in [2.24, 2.45) is 11.7 Å². The topological polar surface area (TPSA) is 60.2 Å². The first-order chi connectivity index (χ1) is 8.35. The predicted molar refractivity (Wildman–Crippen MR) is 67.8 cm³/mol. The molecular formula is C13H21N3O. The first-order valence-corrected chi connectivity index (χ1v) is 6.26. The molecule has 2 atom stereocenters. The van der Waals surface area contributed by atoms with Gasteiger partial charge in [0.25, 0.3) is 0 Å². The quantitative estimate of drug-likeness (QED) is 0.808. The van der Waals surface area contributed by atoms with E-state index in [2.05, 4.69) is 10.3 Å². The maximum atomic E-state index is 5.77. The standard InChI is InChI=1S/C13H21N3O/c1-17-13-11(5-3-7-15-13)9-16-12-6-2-4-10(12)8-14/h3,5,7,10,12,16H,2,4,6,8-9,14H2,1H3. The van der Waals surface area contributed by atoms with Crippen LogP contribution in [0.2, 0.25) is 0 Å². The minimum absolute atomic E-state index is 0.546. The van der Waals surface area contributed by atoms with E-state index in [0.29, 0.717) is 17.8 Å². The van der Waals surface area contributed by atoms with Crippen LogP contribution in [-0.2, 0) is 6.54 Å². The fourth-order valence-corrected chi connectivity index (χ4v) is 2.57. The summed E-state index contributed by atoms with van der Waals surface area (Å²) >= 11 is 0. The molecule has 94 valence electrons. The summed E-state index contributed by atoms with van der Waals surface area (Å²) in [6.07, 6.45) is 5.51. The lowest BCUT2D eigenvalue weighted by molar-refractivity contribution is 0.377. The van der Waals surface area contributed by atoms with E-state index in [1.807, 2.05) is 12.1 Å². The second-order valence-electron chi connectivity index (χ2n) is 4.59. The van der Waals surface area contributed by atoms with E-state index in [1.165, 1.54) is 19.3 Å². The van der Waals surface area contributed by atoms with Gasteiger partial charge in [-0.3, -0.25) is 0 Å². The van der Waals surface area contributed by atoms with Gasteiger partial charge in [-0.1, -0.05) is 12.5 Å². The SMILES string of the molecule is COc1ncccc1CNC1CCCC1CN. The smallest absolute Gasteiger partial charge is 0.217 e. The number of rotatable bonds is 5. The Morgan fingerprint density at radius 2 is 2.41 bits per heavy atom. The molecule has 1 aliphatic carbocycles. The van der Waals surface area contributed by atoms with Crippen molar-refractivity contribution in [2.75, 3.05) is 13.7 Å². The van der Waals surface area contributed by atoms with Crippen LogP contribution >= 0.6 is 0 Å². The van der Waals surface area contributed by atoms with Gasteiger partial charge >= 0.3 is 0 Å². The fourth-order valence-electron chi connectivity index (χ4n) is 2.57. The largest absolute Gasteiger partial charge is 0.481 e. The Morgan fingerprint density at radius 3 is 3.18 bits per heavy atom. The Bertz CT molecular complexity index is 356. The summed E-state index contributed by atoms with van der Waals surface area (Å²) in [6.45, 7) is 1.58. The van der Waals surface area contributed by atoms with E-state index >= 15 is 0 Å². The molecule has 1 heterocycles. The zero-order chi connectivity index (χ0) is 12.1. The van der Waals surface area contributed by atoms with E-state index in [1.54, 1.807) is 13.3 Å². The van der Waals surface area contributed by atoms with Gasteiger partial charge in [0.05, 0.1) is 7.11 Å². The Hall–Kier alpha value is -1.13. The van der Waals surface area contributed by atoms with Crippen molar-refractivity contribution in [1.82, 2.24) is 10.3 Å². The molecule has 3 N–H and O–H groups in total. The molecular weight excluding hydrogens is 214 g/mol. The molecule has 2 rings (SSSR count). The van der Waals surface area contributed by atoms with Crippen molar-refractivity contribution in [2.45, 2.75) is 31.8 Å². The number of hydrogen-bond acceptors (Lipinski definition) is 4. The van der Waals surface area contributed by atoms with Gasteiger partial charge in [-0.2, -0.15) is 0 Å². The van der Waals surface area contributed by atoms with Gasteiger partial charge in [-0.05, 0) is 31.4 Å². The lowest BCUT2D eigenvalue weighted by Gasteiger charge is -2.19. The molecule has 0 radical (unpaired) electrons. The maximum absolute atomic E-state index is 5.77. The average Bonchev–Trinajstić information content (AvgIpc) is 2.84. The number of pyridine rings is 1. The number of ether oxygens (including phenoxy) is 1. The normalized spacial score (nSPS) is 23.9. The first kappa shape index (κ1) is 12.3. The number of nitrogens with two attached hydrogens (primary N) is 1. The zero-order valence-corrected chi connectivity index (χ0v) is 10.4. The van der Waals surface area contributed by atoms with Gasteiger partial charge in [-0.15, -0.1) is 0 Å². The molecule has 0 aromatic carbocycles. The highest BCUT2D eigenvalue weighted by atomic mass is 16.5. The third-order valence-corrected chi connectivity index (χ3v) is 3.56. The molecule has 1 fully saturated rings. The molecule has 0 saturated heterocycles. The second kappa shape index (κ2) is 5.98. The Balaban J connectivity index is 1.93. The summed E-state index contributed by atoms with van der Waals surface area (Å²) in [5, 5.41) is 3.57. The second-order valence-corrected chi connectivity index (χ2v) is 4.59. The number of hydrogen-bond donors (Lipinski definition) is 2. The van der Waals surface area contributed by atoms with Crippen LogP contribution in [0.25, 0.3) is 0 Å². The average molecular weight is 235 g/mol. The molecule has 17 heavy (non-hydrogen) atoms. The molecule has 2 unspecified atom stereocenters. The lowest BCUT2D eigenvalue weighted by atomic mass is 10.0. The highest BCUT2D eigenvalue weighted by Crippen LogP contribution is 2.25. The molecule has 1 aromatic rings. The van der Waals surface area contributed by atoms with Crippen LogP contribution < -0.4 is 15.8 Å². The third-order valence-electron chi connectivity index (χ3n) is 3.56. The minimum atomic E-state index is 0.546. The van der Waals surface area contributed by atoms with Crippen LogP contribution in [0.1, 0.15) is 24.8 Å². The van der Waals surface area contributed by atoms with Crippen molar-refractivity contribution in [1.29, 1.82) is 0 Å². The number of nitrogens with zero attached hydrogens (tertiary/aromatic N) is 1. The summed E-state index contributed by atoms with van der Waals surface area (Å²) in [5.41, 5.74) is 6.88. The van der Waals surface area contributed by atoms with Gasteiger partial charge in [0.15, 0.2) is 0 Å².